The van der Waals surface area contributed by atoms with Crippen LogP contribution in [0.4, 0.5) is 5.69 Å². The maximum absolute atomic E-state index is 12.7. The van der Waals surface area contributed by atoms with Gasteiger partial charge in [-0.25, -0.2) is 0 Å². The predicted octanol–water partition coefficient (Wildman–Crippen LogP) is 3.26. The second-order valence-electron chi connectivity index (χ2n) is 7.64. The normalized spacial score (nSPS) is 14.0. The number of anilines is 1. The highest BCUT2D eigenvalue weighted by atomic mass is 127. The summed E-state index contributed by atoms with van der Waals surface area (Å²) in [7, 11) is 5.19. The van der Waals surface area contributed by atoms with Crippen molar-refractivity contribution < 1.29 is 14.3 Å². The quantitative estimate of drug-likeness (QED) is 0.276. The van der Waals surface area contributed by atoms with Gasteiger partial charge >= 0.3 is 0 Å². The van der Waals surface area contributed by atoms with E-state index in [9.17, 15) is 4.79 Å². The van der Waals surface area contributed by atoms with E-state index in [4.69, 9.17) is 9.47 Å². The Morgan fingerprint density at radius 2 is 1.85 bits per heavy atom. The molecule has 10 heteroatoms. The van der Waals surface area contributed by atoms with E-state index in [-0.39, 0.29) is 36.4 Å². The van der Waals surface area contributed by atoms with E-state index in [1.165, 1.54) is 0 Å². The number of guanidine groups is 1. The van der Waals surface area contributed by atoms with Crippen molar-refractivity contribution in [1.82, 2.24) is 20.0 Å². The number of para-hydroxylation sites is 2. The Bertz CT molecular complexity index is 1130. The van der Waals surface area contributed by atoms with Gasteiger partial charge in [-0.1, -0.05) is 24.3 Å². The summed E-state index contributed by atoms with van der Waals surface area (Å²) in [6.07, 6.45) is 3.56. The van der Waals surface area contributed by atoms with E-state index in [0.29, 0.717) is 37.1 Å². The molecule has 2 aromatic carbocycles. The van der Waals surface area contributed by atoms with Crippen molar-refractivity contribution in [2.24, 2.45) is 12.0 Å². The lowest BCUT2D eigenvalue weighted by atomic mass is 10.2. The first-order valence-corrected chi connectivity index (χ1v) is 10.7. The van der Waals surface area contributed by atoms with E-state index < -0.39 is 0 Å². The molecule has 0 bridgehead atoms. The topological polar surface area (TPSA) is 84.2 Å². The Balaban J connectivity index is 0.00000324. The highest BCUT2D eigenvalue weighted by molar-refractivity contribution is 14.0. The van der Waals surface area contributed by atoms with E-state index in [1.54, 1.807) is 29.9 Å². The van der Waals surface area contributed by atoms with Crippen molar-refractivity contribution in [3.8, 4) is 17.2 Å². The maximum atomic E-state index is 12.7. The number of carbonyl (C=O) groups excluding carboxylic acids is 1. The largest absolute Gasteiger partial charge is 0.493 e. The molecule has 0 aliphatic carbocycles. The Morgan fingerprint density at radius 1 is 1.12 bits per heavy atom. The summed E-state index contributed by atoms with van der Waals surface area (Å²) in [6, 6.07) is 15.4. The van der Waals surface area contributed by atoms with Crippen LogP contribution in [0.5, 0.6) is 17.2 Å². The number of aliphatic imine (C=N–C) groups is 1. The predicted molar refractivity (Wildman–Crippen MR) is 142 cm³/mol. The fourth-order valence-electron chi connectivity index (χ4n) is 3.69. The molecule has 1 fully saturated rings. The van der Waals surface area contributed by atoms with Gasteiger partial charge in [-0.15, -0.1) is 24.0 Å². The SMILES string of the molecule is CN=C(NCc1ccc(Oc2ccccc2OC)cc1)N1CCN(c2cnn(C)c2)C(=O)C1.I. The maximum Gasteiger partial charge on any atom is 0.246 e. The Labute approximate surface area is 216 Å². The van der Waals surface area contributed by atoms with Gasteiger partial charge in [-0.3, -0.25) is 14.5 Å². The molecule has 0 spiro atoms. The van der Waals surface area contributed by atoms with Crippen LogP contribution in [0.1, 0.15) is 5.56 Å². The van der Waals surface area contributed by atoms with Gasteiger partial charge in [0.1, 0.15) is 12.3 Å². The number of aryl methyl sites for hydroxylation is 1. The van der Waals surface area contributed by atoms with Crippen molar-refractivity contribution in [1.29, 1.82) is 0 Å². The number of ether oxygens (including phenoxy) is 2. The zero-order chi connectivity index (χ0) is 23.2. The number of hydrogen-bond donors (Lipinski definition) is 1. The molecular formula is C24H29IN6O3. The third-order valence-electron chi connectivity index (χ3n) is 5.41. The number of halogens is 1. The first kappa shape index (κ1) is 25.3. The van der Waals surface area contributed by atoms with Crippen molar-refractivity contribution in [3.05, 3.63) is 66.5 Å². The molecule has 0 unspecified atom stereocenters. The lowest BCUT2D eigenvalue weighted by Crippen LogP contribution is -2.55. The summed E-state index contributed by atoms with van der Waals surface area (Å²) in [6.45, 7) is 2.12. The van der Waals surface area contributed by atoms with E-state index in [1.807, 2.05) is 66.7 Å². The number of aromatic nitrogens is 2. The molecule has 1 N–H and O–H groups in total. The molecule has 2 heterocycles. The van der Waals surface area contributed by atoms with E-state index >= 15 is 0 Å². The number of benzene rings is 2. The minimum Gasteiger partial charge on any atom is -0.493 e. The van der Waals surface area contributed by atoms with Gasteiger partial charge in [-0.2, -0.15) is 5.10 Å². The molecule has 1 aliphatic rings. The number of rotatable bonds is 6. The summed E-state index contributed by atoms with van der Waals surface area (Å²) in [5.41, 5.74) is 1.89. The van der Waals surface area contributed by atoms with E-state index in [2.05, 4.69) is 15.4 Å². The third kappa shape index (κ3) is 5.99. The summed E-state index contributed by atoms with van der Waals surface area (Å²) < 4.78 is 13.0. The molecule has 4 rings (SSSR count). The number of amides is 1. The van der Waals surface area contributed by atoms with Crippen LogP contribution in [-0.4, -0.2) is 60.3 Å². The van der Waals surface area contributed by atoms with Crippen molar-refractivity contribution in [2.45, 2.75) is 6.54 Å². The zero-order valence-electron chi connectivity index (χ0n) is 19.5. The Hall–Kier alpha value is -3.28. The van der Waals surface area contributed by atoms with Gasteiger partial charge in [0.15, 0.2) is 17.5 Å². The fraction of sp³-hybridized carbons (Fsp3) is 0.292. The van der Waals surface area contributed by atoms with Crippen LogP contribution >= 0.6 is 24.0 Å². The first-order valence-electron chi connectivity index (χ1n) is 10.7. The number of methoxy groups -OCH3 is 1. The molecule has 0 saturated carbocycles. The van der Waals surface area contributed by atoms with Crippen LogP contribution in [-0.2, 0) is 18.4 Å². The molecule has 34 heavy (non-hydrogen) atoms. The zero-order valence-corrected chi connectivity index (χ0v) is 21.8. The van der Waals surface area contributed by atoms with Gasteiger partial charge in [0.25, 0.3) is 0 Å². The number of nitrogens with zero attached hydrogens (tertiary/aromatic N) is 5. The smallest absolute Gasteiger partial charge is 0.246 e. The minimum atomic E-state index is 0. The molecule has 1 aliphatic heterocycles. The Kier molecular flexibility index (Phi) is 8.74. The lowest BCUT2D eigenvalue weighted by Gasteiger charge is -2.35. The molecular weight excluding hydrogens is 547 g/mol. The second-order valence-corrected chi connectivity index (χ2v) is 7.64. The van der Waals surface area contributed by atoms with Crippen LogP contribution in [0.3, 0.4) is 0 Å². The van der Waals surface area contributed by atoms with Gasteiger partial charge in [0, 0.05) is 39.9 Å². The highest BCUT2D eigenvalue weighted by Crippen LogP contribution is 2.30. The summed E-state index contributed by atoms with van der Waals surface area (Å²) in [5, 5.41) is 7.51. The first-order chi connectivity index (χ1) is 16.1. The summed E-state index contributed by atoms with van der Waals surface area (Å²) in [5.74, 6) is 2.80. The second kappa shape index (κ2) is 11.7. The summed E-state index contributed by atoms with van der Waals surface area (Å²) >= 11 is 0. The molecule has 180 valence electrons. The molecule has 3 aromatic rings. The van der Waals surface area contributed by atoms with Gasteiger partial charge in [-0.05, 0) is 29.8 Å². The van der Waals surface area contributed by atoms with Crippen LogP contribution in [0.2, 0.25) is 0 Å². The van der Waals surface area contributed by atoms with Gasteiger partial charge in [0.2, 0.25) is 5.91 Å². The molecule has 9 nitrogen and oxygen atoms in total. The van der Waals surface area contributed by atoms with Crippen molar-refractivity contribution >= 4 is 41.5 Å². The fourth-order valence-corrected chi connectivity index (χ4v) is 3.69. The molecule has 1 saturated heterocycles. The monoisotopic (exact) mass is 576 g/mol. The molecule has 0 atom stereocenters. The van der Waals surface area contributed by atoms with Crippen LogP contribution in [0.25, 0.3) is 0 Å². The average Bonchev–Trinajstić information content (AvgIpc) is 3.27. The number of nitrogens with one attached hydrogen (secondary N) is 1. The highest BCUT2D eigenvalue weighted by Gasteiger charge is 2.27. The number of carbonyl (C=O) groups is 1. The molecule has 1 amide bonds. The Morgan fingerprint density at radius 3 is 2.47 bits per heavy atom. The third-order valence-corrected chi connectivity index (χ3v) is 5.41. The van der Waals surface area contributed by atoms with Crippen LogP contribution < -0.4 is 19.7 Å². The number of hydrogen-bond acceptors (Lipinski definition) is 5. The lowest BCUT2D eigenvalue weighted by molar-refractivity contribution is -0.120. The number of piperazine rings is 1. The van der Waals surface area contributed by atoms with Crippen molar-refractivity contribution in [3.63, 3.8) is 0 Å². The molecule has 1 aromatic heterocycles. The van der Waals surface area contributed by atoms with Crippen molar-refractivity contribution in [2.75, 3.05) is 38.7 Å². The van der Waals surface area contributed by atoms with Crippen LogP contribution in [0, 0.1) is 0 Å². The molecule has 0 radical (unpaired) electrons. The average molecular weight is 576 g/mol. The van der Waals surface area contributed by atoms with Gasteiger partial charge in [0.05, 0.1) is 19.0 Å². The van der Waals surface area contributed by atoms with E-state index in [0.717, 1.165) is 17.0 Å². The van der Waals surface area contributed by atoms with Gasteiger partial charge < -0.3 is 24.6 Å². The minimum absolute atomic E-state index is 0. The summed E-state index contributed by atoms with van der Waals surface area (Å²) in [4.78, 5) is 20.8. The van der Waals surface area contributed by atoms with Crippen LogP contribution in [0.15, 0.2) is 65.9 Å². The standard InChI is InChI=1S/C24H28N6O3.HI/c1-25-24(29-12-13-30(23(31)17-29)19-15-27-28(2)16-19)26-14-18-8-10-20(11-9-18)33-22-7-5-4-6-21(22)32-3;/h4-11,15-16H,12-14,17H2,1-3H3,(H,25,26);1H.